The Morgan fingerprint density at radius 2 is 2.15 bits per heavy atom. The molecule has 0 bridgehead atoms. The average molecular weight is 197 g/mol. The second-order valence-electron chi connectivity index (χ2n) is 2.69. The highest BCUT2D eigenvalue weighted by molar-refractivity contribution is 7.17. The molecule has 13 heavy (non-hydrogen) atoms. The predicted octanol–water partition coefficient (Wildman–Crippen LogP) is 1.28. The third kappa shape index (κ3) is 1.53. The van der Waals surface area contributed by atoms with Gasteiger partial charge in [0.2, 0.25) is 0 Å². The van der Waals surface area contributed by atoms with Crippen molar-refractivity contribution >= 4 is 22.0 Å². The monoisotopic (exact) mass is 197 g/mol. The van der Waals surface area contributed by atoms with Gasteiger partial charge in [0, 0.05) is 14.1 Å². The van der Waals surface area contributed by atoms with Crippen LogP contribution in [-0.4, -0.2) is 21.2 Å². The molecule has 0 atom stereocenters. The van der Waals surface area contributed by atoms with Gasteiger partial charge in [0.15, 0.2) is 5.75 Å². The molecule has 0 aliphatic carbocycles. The molecular formula is C8H11N3OS. The molecule has 0 saturated heterocycles. The number of nitriles is 1. The summed E-state index contributed by atoms with van der Waals surface area (Å²) in [5, 5.41) is 9.61. The van der Waals surface area contributed by atoms with Gasteiger partial charge in [0.05, 0.1) is 7.11 Å². The van der Waals surface area contributed by atoms with Crippen LogP contribution in [0.2, 0.25) is 0 Å². The Morgan fingerprint density at radius 3 is 2.46 bits per heavy atom. The van der Waals surface area contributed by atoms with Crippen molar-refractivity contribution < 1.29 is 4.74 Å². The molecule has 1 aromatic rings. The molecule has 0 unspecified atom stereocenters. The topological polar surface area (TPSA) is 62.3 Å². The Morgan fingerprint density at radius 1 is 1.54 bits per heavy atom. The largest absolute Gasteiger partial charge is 0.492 e. The Hall–Kier alpha value is -1.41. The van der Waals surface area contributed by atoms with Crippen molar-refractivity contribution in [3.05, 3.63) is 4.88 Å². The minimum absolute atomic E-state index is 0.429. The van der Waals surface area contributed by atoms with E-state index in [0.717, 1.165) is 5.00 Å². The molecule has 0 aromatic carbocycles. The maximum Gasteiger partial charge on any atom is 0.177 e. The highest BCUT2D eigenvalue weighted by Gasteiger charge is 2.17. The SMILES string of the molecule is COc1c(N(C)C)sc(C#N)c1N. The lowest BCUT2D eigenvalue weighted by atomic mass is 10.4. The number of hydrogen-bond acceptors (Lipinski definition) is 5. The standard InChI is InChI=1S/C8H11N3OS/c1-11(2)8-7(12-3)6(10)5(4-9)13-8/h10H2,1-3H3. The number of anilines is 2. The minimum atomic E-state index is 0.429. The molecule has 0 aliphatic heterocycles. The average Bonchev–Trinajstić information content (AvgIpc) is 2.42. The van der Waals surface area contributed by atoms with Gasteiger partial charge in [0.1, 0.15) is 21.6 Å². The Labute approximate surface area is 81.1 Å². The van der Waals surface area contributed by atoms with E-state index < -0.39 is 0 Å². The van der Waals surface area contributed by atoms with Gasteiger partial charge < -0.3 is 15.4 Å². The van der Waals surface area contributed by atoms with Gasteiger partial charge in [-0.25, -0.2) is 0 Å². The molecule has 2 N–H and O–H groups in total. The van der Waals surface area contributed by atoms with E-state index in [-0.39, 0.29) is 0 Å². The molecule has 5 heteroatoms. The summed E-state index contributed by atoms with van der Waals surface area (Å²) in [6.45, 7) is 0. The van der Waals surface area contributed by atoms with Crippen LogP contribution < -0.4 is 15.4 Å². The number of nitrogens with two attached hydrogens (primary N) is 1. The predicted molar refractivity (Wildman–Crippen MR) is 54.3 cm³/mol. The second-order valence-corrected chi connectivity index (χ2v) is 3.69. The lowest BCUT2D eigenvalue weighted by Crippen LogP contribution is -2.07. The van der Waals surface area contributed by atoms with Crippen LogP contribution in [0.25, 0.3) is 0 Å². The molecule has 0 fully saturated rings. The van der Waals surface area contributed by atoms with Crippen molar-refractivity contribution in [2.75, 3.05) is 31.8 Å². The summed E-state index contributed by atoms with van der Waals surface area (Å²) in [4.78, 5) is 2.38. The molecule has 4 nitrogen and oxygen atoms in total. The van der Waals surface area contributed by atoms with E-state index in [1.165, 1.54) is 11.3 Å². The maximum absolute atomic E-state index is 8.74. The van der Waals surface area contributed by atoms with Gasteiger partial charge in [-0.1, -0.05) is 0 Å². The Kier molecular flexibility index (Phi) is 2.63. The van der Waals surface area contributed by atoms with E-state index in [2.05, 4.69) is 0 Å². The number of ether oxygens (including phenoxy) is 1. The summed E-state index contributed by atoms with van der Waals surface area (Å²) >= 11 is 1.33. The van der Waals surface area contributed by atoms with Crippen molar-refractivity contribution in [1.82, 2.24) is 0 Å². The normalized spacial score (nSPS) is 9.38. The van der Waals surface area contributed by atoms with Gasteiger partial charge in [-0.3, -0.25) is 0 Å². The summed E-state index contributed by atoms with van der Waals surface area (Å²) in [6.07, 6.45) is 0. The number of nitrogen functional groups attached to an aromatic ring is 1. The van der Waals surface area contributed by atoms with Crippen LogP contribution in [0.1, 0.15) is 4.88 Å². The highest BCUT2D eigenvalue weighted by atomic mass is 32.1. The van der Waals surface area contributed by atoms with Gasteiger partial charge >= 0.3 is 0 Å². The summed E-state index contributed by atoms with van der Waals surface area (Å²) in [5.41, 5.74) is 6.13. The van der Waals surface area contributed by atoms with Crippen LogP contribution in [0.15, 0.2) is 0 Å². The Bertz CT molecular complexity index is 351. The zero-order valence-electron chi connectivity index (χ0n) is 7.79. The molecule has 0 radical (unpaired) electrons. The van der Waals surface area contributed by atoms with E-state index in [9.17, 15) is 0 Å². The first-order valence-corrected chi connectivity index (χ1v) is 4.47. The van der Waals surface area contributed by atoms with Crippen molar-refractivity contribution in [1.29, 1.82) is 5.26 Å². The first-order chi connectivity index (χ1) is 6.11. The van der Waals surface area contributed by atoms with Crippen LogP contribution in [-0.2, 0) is 0 Å². The van der Waals surface area contributed by atoms with E-state index >= 15 is 0 Å². The van der Waals surface area contributed by atoms with Crippen molar-refractivity contribution in [3.63, 3.8) is 0 Å². The number of hydrogen-bond donors (Lipinski definition) is 1. The Balaban J connectivity index is 3.29. The van der Waals surface area contributed by atoms with Crippen molar-refractivity contribution in [3.8, 4) is 11.8 Å². The van der Waals surface area contributed by atoms with E-state index in [1.807, 2.05) is 25.1 Å². The van der Waals surface area contributed by atoms with Crippen LogP contribution >= 0.6 is 11.3 Å². The lowest BCUT2D eigenvalue weighted by Gasteiger charge is -2.11. The molecular weight excluding hydrogens is 186 g/mol. The maximum atomic E-state index is 8.74. The van der Waals surface area contributed by atoms with Gasteiger partial charge in [-0.2, -0.15) is 5.26 Å². The fourth-order valence-corrected chi connectivity index (χ4v) is 1.90. The van der Waals surface area contributed by atoms with Crippen LogP contribution in [0.3, 0.4) is 0 Å². The fourth-order valence-electron chi connectivity index (χ4n) is 0.991. The first-order valence-electron chi connectivity index (χ1n) is 3.65. The van der Waals surface area contributed by atoms with Gasteiger partial charge in [-0.15, -0.1) is 11.3 Å². The molecule has 0 spiro atoms. The number of thiophene rings is 1. The third-order valence-electron chi connectivity index (χ3n) is 1.59. The second kappa shape index (κ2) is 3.54. The molecule has 1 heterocycles. The highest BCUT2D eigenvalue weighted by Crippen LogP contribution is 2.43. The van der Waals surface area contributed by atoms with Crippen molar-refractivity contribution in [2.24, 2.45) is 0 Å². The van der Waals surface area contributed by atoms with E-state index in [4.69, 9.17) is 15.7 Å². The quantitative estimate of drug-likeness (QED) is 0.775. The minimum Gasteiger partial charge on any atom is -0.492 e. The number of rotatable bonds is 2. The summed E-state index contributed by atoms with van der Waals surface area (Å²) < 4.78 is 5.11. The molecule has 0 aliphatic rings. The lowest BCUT2D eigenvalue weighted by molar-refractivity contribution is 0.419. The number of methoxy groups -OCH3 is 1. The molecule has 1 rings (SSSR count). The molecule has 1 aromatic heterocycles. The van der Waals surface area contributed by atoms with Crippen LogP contribution in [0.5, 0.6) is 5.75 Å². The van der Waals surface area contributed by atoms with E-state index in [0.29, 0.717) is 16.3 Å². The molecule has 70 valence electrons. The molecule has 0 saturated carbocycles. The van der Waals surface area contributed by atoms with E-state index in [1.54, 1.807) is 7.11 Å². The first kappa shape index (κ1) is 9.68. The zero-order valence-corrected chi connectivity index (χ0v) is 8.60. The summed E-state index contributed by atoms with van der Waals surface area (Å²) in [7, 11) is 5.32. The number of nitrogens with zero attached hydrogens (tertiary/aromatic N) is 2. The van der Waals surface area contributed by atoms with Gasteiger partial charge in [-0.05, 0) is 0 Å². The van der Waals surface area contributed by atoms with Gasteiger partial charge in [0.25, 0.3) is 0 Å². The van der Waals surface area contributed by atoms with Crippen molar-refractivity contribution in [2.45, 2.75) is 0 Å². The summed E-state index contributed by atoms with van der Waals surface area (Å²) in [5.74, 6) is 0.589. The third-order valence-corrected chi connectivity index (χ3v) is 2.85. The summed E-state index contributed by atoms with van der Waals surface area (Å²) in [6, 6.07) is 2.03. The fraction of sp³-hybridized carbons (Fsp3) is 0.375. The van der Waals surface area contributed by atoms with Crippen LogP contribution in [0.4, 0.5) is 10.7 Å². The molecule has 0 amide bonds. The smallest absolute Gasteiger partial charge is 0.177 e. The van der Waals surface area contributed by atoms with Crippen LogP contribution in [0, 0.1) is 11.3 Å². The zero-order chi connectivity index (χ0) is 10.0.